The van der Waals surface area contributed by atoms with Crippen molar-refractivity contribution in [1.29, 1.82) is 0 Å². The summed E-state index contributed by atoms with van der Waals surface area (Å²) in [6.07, 6.45) is 1.70. The van der Waals surface area contributed by atoms with Crippen LogP contribution < -0.4 is 5.32 Å². The number of amides is 1. The van der Waals surface area contributed by atoms with Gasteiger partial charge in [-0.1, -0.05) is 48.2 Å². The molecule has 2 N–H and O–H groups in total. The molecule has 1 aliphatic rings. The highest BCUT2D eigenvalue weighted by atomic mass is 32.2. The first-order valence-corrected chi connectivity index (χ1v) is 11.9. The smallest absolute Gasteiger partial charge is 0.251 e. The van der Waals surface area contributed by atoms with Gasteiger partial charge in [-0.25, -0.2) is 9.38 Å². The Morgan fingerprint density at radius 1 is 0.971 bits per heavy atom. The number of hydrogen-bond acceptors (Lipinski definition) is 4. The van der Waals surface area contributed by atoms with Gasteiger partial charge in [0.1, 0.15) is 5.82 Å². The molecule has 0 aliphatic carbocycles. The highest BCUT2D eigenvalue weighted by Crippen LogP contribution is 2.44. The molecule has 0 atom stereocenters. The third kappa shape index (κ3) is 4.11. The lowest BCUT2D eigenvalue weighted by Crippen LogP contribution is -2.23. The number of fused-ring (bicyclic) bond motifs is 4. The van der Waals surface area contributed by atoms with Crippen molar-refractivity contribution in [3.8, 4) is 0 Å². The van der Waals surface area contributed by atoms with Crippen LogP contribution in [0.2, 0.25) is 0 Å². The number of aromatic amines is 1. The molecule has 1 amide bonds. The minimum atomic E-state index is -0.331. The first kappa shape index (κ1) is 21.3. The maximum absolute atomic E-state index is 14.2. The summed E-state index contributed by atoms with van der Waals surface area (Å²) in [4.78, 5) is 27.5. The van der Waals surface area contributed by atoms with Gasteiger partial charge in [-0.3, -0.25) is 9.78 Å². The second-order valence-electron chi connectivity index (χ2n) is 8.13. The van der Waals surface area contributed by atoms with Crippen molar-refractivity contribution in [2.45, 2.75) is 16.3 Å². The third-order valence-corrected chi connectivity index (χ3v) is 7.01. The summed E-state index contributed by atoms with van der Waals surface area (Å²) < 4.78 is 14.2. The van der Waals surface area contributed by atoms with Crippen LogP contribution in [0.1, 0.15) is 27.3 Å². The summed E-state index contributed by atoms with van der Waals surface area (Å²) in [7, 11) is 0. The normalized spacial score (nSPS) is 12.4. The molecule has 0 radical (unpaired) electrons. The number of pyridine rings is 1. The zero-order valence-corrected chi connectivity index (χ0v) is 19.3. The Balaban J connectivity index is 1.43. The van der Waals surface area contributed by atoms with E-state index in [1.807, 2.05) is 48.5 Å². The van der Waals surface area contributed by atoms with E-state index < -0.39 is 0 Å². The molecule has 0 spiro atoms. The van der Waals surface area contributed by atoms with Crippen molar-refractivity contribution in [1.82, 2.24) is 15.3 Å². The molecule has 1 aliphatic heterocycles. The Morgan fingerprint density at radius 2 is 1.86 bits per heavy atom. The van der Waals surface area contributed by atoms with Crippen LogP contribution in [0.4, 0.5) is 10.1 Å². The van der Waals surface area contributed by atoms with Crippen LogP contribution in [0.25, 0.3) is 10.9 Å². The fraction of sp³-hybridized carbons (Fsp3) is 0.0357. The zero-order valence-electron chi connectivity index (χ0n) is 18.5. The van der Waals surface area contributed by atoms with E-state index >= 15 is 0 Å². The van der Waals surface area contributed by atoms with E-state index in [2.05, 4.69) is 21.4 Å². The van der Waals surface area contributed by atoms with E-state index in [1.54, 1.807) is 36.2 Å². The van der Waals surface area contributed by atoms with Crippen LogP contribution in [0.5, 0.6) is 0 Å². The number of nitrogens with one attached hydrogen (secondary N) is 2. The Hall–Kier alpha value is -4.23. The van der Waals surface area contributed by atoms with Gasteiger partial charge >= 0.3 is 0 Å². The molecule has 0 saturated carbocycles. The van der Waals surface area contributed by atoms with Gasteiger partial charge in [-0.05, 0) is 48.5 Å². The van der Waals surface area contributed by atoms with Crippen molar-refractivity contribution in [3.63, 3.8) is 0 Å². The van der Waals surface area contributed by atoms with Gasteiger partial charge in [-0.2, -0.15) is 0 Å². The van der Waals surface area contributed by atoms with E-state index in [0.29, 0.717) is 29.1 Å². The summed E-state index contributed by atoms with van der Waals surface area (Å²) in [6.45, 7) is 0.333. The van der Waals surface area contributed by atoms with Crippen molar-refractivity contribution < 1.29 is 9.18 Å². The number of rotatable bonds is 4. The number of hydrogen-bond donors (Lipinski definition) is 2. The van der Waals surface area contributed by atoms with Crippen LogP contribution in [0.15, 0.2) is 106 Å². The molecule has 35 heavy (non-hydrogen) atoms. The minimum absolute atomic E-state index is 0.209. The molecular weight excluding hydrogens is 459 g/mol. The number of nitrogens with zero attached hydrogens (tertiary/aromatic N) is 2. The topological polar surface area (TPSA) is 70.1 Å². The number of benzene rings is 3. The highest BCUT2D eigenvalue weighted by molar-refractivity contribution is 7.99. The lowest BCUT2D eigenvalue weighted by molar-refractivity contribution is 0.0950. The van der Waals surface area contributed by atoms with Gasteiger partial charge in [0, 0.05) is 38.0 Å². The van der Waals surface area contributed by atoms with Crippen LogP contribution in [0, 0.1) is 5.82 Å². The van der Waals surface area contributed by atoms with Crippen LogP contribution >= 0.6 is 11.8 Å². The number of carbonyl (C=O) groups is 1. The summed E-state index contributed by atoms with van der Waals surface area (Å²) in [6, 6.07) is 25.6. The predicted molar refractivity (Wildman–Crippen MR) is 136 cm³/mol. The van der Waals surface area contributed by atoms with Crippen LogP contribution in [-0.2, 0) is 6.54 Å². The molecule has 5 aromatic rings. The highest BCUT2D eigenvalue weighted by Gasteiger charge is 2.24. The van der Waals surface area contributed by atoms with Crippen molar-refractivity contribution >= 4 is 40.0 Å². The number of aliphatic imine (C=N–C) groups is 1. The second-order valence-corrected chi connectivity index (χ2v) is 9.19. The molecule has 7 heteroatoms. The molecular formula is C28H19FN4OS. The van der Waals surface area contributed by atoms with Crippen LogP contribution in [0.3, 0.4) is 0 Å². The molecule has 0 fully saturated rings. The van der Waals surface area contributed by atoms with E-state index in [4.69, 9.17) is 4.99 Å². The van der Waals surface area contributed by atoms with E-state index in [0.717, 1.165) is 32.1 Å². The third-order valence-electron chi connectivity index (χ3n) is 5.81. The monoisotopic (exact) mass is 478 g/mol. The molecule has 170 valence electrons. The largest absolute Gasteiger partial charge is 0.352 e. The molecule has 3 heterocycles. The number of para-hydroxylation sites is 1. The van der Waals surface area contributed by atoms with E-state index in [1.165, 1.54) is 12.1 Å². The average molecular weight is 479 g/mol. The second kappa shape index (κ2) is 8.85. The fourth-order valence-electron chi connectivity index (χ4n) is 4.13. The van der Waals surface area contributed by atoms with Crippen molar-refractivity contribution in [2.75, 3.05) is 0 Å². The Morgan fingerprint density at radius 3 is 2.71 bits per heavy atom. The van der Waals surface area contributed by atoms with Crippen molar-refractivity contribution in [3.05, 3.63) is 119 Å². The van der Waals surface area contributed by atoms with Gasteiger partial charge in [0.2, 0.25) is 0 Å². The van der Waals surface area contributed by atoms with E-state index in [9.17, 15) is 9.18 Å². The predicted octanol–water partition coefficient (Wildman–Crippen LogP) is 6.27. The number of carbonyl (C=O) groups excluding carboxylic acids is 1. The zero-order chi connectivity index (χ0) is 23.8. The lowest BCUT2D eigenvalue weighted by atomic mass is 10.1. The molecule has 0 bridgehead atoms. The van der Waals surface area contributed by atoms with Gasteiger partial charge in [0.05, 0.1) is 29.3 Å². The fourth-order valence-corrected chi connectivity index (χ4v) is 5.23. The summed E-state index contributed by atoms with van der Waals surface area (Å²) >= 11 is 1.59. The average Bonchev–Trinajstić information content (AvgIpc) is 3.16. The van der Waals surface area contributed by atoms with Crippen LogP contribution in [-0.4, -0.2) is 21.6 Å². The molecule has 3 aromatic carbocycles. The number of H-pyrrole nitrogens is 1. The molecule has 0 saturated heterocycles. The molecule has 5 nitrogen and oxygen atoms in total. The maximum Gasteiger partial charge on any atom is 0.251 e. The minimum Gasteiger partial charge on any atom is -0.352 e. The number of aromatic nitrogens is 2. The maximum atomic E-state index is 14.2. The lowest BCUT2D eigenvalue weighted by Gasteiger charge is -2.08. The summed E-state index contributed by atoms with van der Waals surface area (Å²) in [5, 5.41) is 3.98. The summed E-state index contributed by atoms with van der Waals surface area (Å²) in [5.41, 5.74) is 5.06. The van der Waals surface area contributed by atoms with Gasteiger partial charge < -0.3 is 10.3 Å². The Bertz CT molecular complexity index is 1610. The molecule has 0 unspecified atom stereocenters. The standard InChI is InChI=1S/C28H19FN4OS/c29-19-7-5-6-17(14-19)25-26-27(21-9-1-2-10-22(21)32-26)35-24-12-11-18(15-23(24)33-25)28(34)31-16-20-8-3-4-13-30-20/h1-15,32H,16H2,(H,31,34). The van der Waals surface area contributed by atoms with Gasteiger partial charge in [0.25, 0.3) is 5.91 Å². The van der Waals surface area contributed by atoms with E-state index in [-0.39, 0.29) is 11.7 Å². The Kier molecular flexibility index (Phi) is 5.39. The van der Waals surface area contributed by atoms with Crippen molar-refractivity contribution in [2.24, 2.45) is 4.99 Å². The first-order chi connectivity index (χ1) is 17.2. The SMILES string of the molecule is O=C(NCc1ccccn1)c1ccc2c(c1)N=C(c1cccc(F)c1)c1[nH]c3ccccc3c1S2. The number of halogens is 1. The summed E-state index contributed by atoms with van der Waals surface area (Å²) in [5.74, 6) is -0.540. The first-order valence-electron chi connectivity index (χ1n) is 11.1. The molecule has 2 aromatic heterocycles. The van der Waals surface area contributed by atoms with Gasteiger partial charge in [-0.15, -0.1) is 0 Å². The Labute approximate surface area is 205 Å². The molecule has 6 rings (SSSR count). The quantitative estimate of drug-likeness (QED) is 0.314. The van der Waals surface area contributed by atoms with Gasteiger partial charge in [0.15, 0.2) is 0 Å².